The van der Waals surface area contributed by atoms with Crippen LogP contribution in [0.2, 0.25) is 0 Å². The van der Waals surface area contributed by atoms with Crippen LogP contribution in [0.5, 0.6) is 5.75 Å². The highest BCUT2D eigenvalue weighted by molar-refractivity contribution is 6.32. The molecule has 0 radical (unpaired) electrons. The Hall–Kier alpha value is -1.30. The number of hydroxylamine groups is 1. The Labute approximate surface area is 149 Å². The molecule has 24 heavy (non-hydrogen) atoms. The van der Waals surface area contributed by atoms with E-state index in [1.165, 1.54) is 5.06 Å². The van der Waals surface area contributed by atoms with Crippen molar-refractivity contribution < 1.29 is 19.1 Å². The zero-order valence-electron chi connectivity index (χ0n) is 15.2. The van der Waals surface area contributed by atoms with E-state index >= 15 is 0 Å². The van der Waals surface area contributed by atoms with Crippen molar-refractivity contribution in [3.63, 3.8) is 0 Å². The van der Waals surface area contributed by atoms with Gasteiger partial charge in [0.15, 0.2) is 0 Å². The van der Waals surface area contributed by atoms with Gasteiger partial charge in [0.1, 0.15) is 23.4 Å². The zero-order chi connectivity index (χ0) is 18.1. The largest absolute Gasteiger partial charge is 0.489 e. The van der Waals surface area contributed by atoms with Crippen LogP contribution in [-0.4, -0.2) is 37.7 Å². The van der Waals surface area contributed by atoms with Gasteiger partial charge in [0, 0.05) is 6.61 Å². The first-order valence-corrected chi connectivity index (χ1v) is 8.82. The Bertz CT molecular complexity index is 520. The zero-order valence-corrected chi connectivity index (χ0v) is 15.9. The first kappa shape index (κ1) is 20.7. The minimum absolute atomic E-state index is 0.192. The van der Waals surface area contributed by atoms with E-state index in [0.29, 0.717) is 37.9 Å². The summed E-state index contributed by atoms with van der Waals surface area (Å²) in [6.07, 6.45) is 0. The van der Waals surface area contributed by atoms with Crippen molar-refractivity contribution in [3.05, 3.63) is 23.8 Å². The van der Waals surface area contributed by atoms with Crippen LogP contribution in [0.3, 0.4) is 0 Å². The van der Waals surface area contributed by atoms with Crippen molar-refractivity contribution in [2.24, 2.45) is 0 Å². The molecule has 0 aliphatic rings. The summed E-state index contributed by atoms with van der Waals surface area (Å²) < 4.78 is 11.2. The third kappa shape index (κ3) is 5.65. The molecule has 1 aromatic rings. The van der Waals surface area contributed by atoms with Gasteiger partial charge in [-0.3, -0.25) is 9.63 Å². The molecule has 5 nitrogen and oxygen atoms in total. The van der Waals surface area contributed by atoms with Crippen LogP contribution in [0.1, 0.15) is 46.1 Å². The number of hydrogen-bond acceptors (Lipinski definition) is 4. The lowest BCUT2D eigenvalue weighted by Crippen LogP contribution is -2.37. The summed E-state index contributed by atoms with van der Waals surface area (Å²) in [6.45, 7) is 11.4. The highest BCUT2D eigenvalue weighted by atomic mass is 35.5. The van der Waals surface area contributed by atoms with Crippen LogP contribution in [0.15, 0.2) is 18.2 Å². The van der Waals surface area contributed by atoms with Crippen molar-refractivity contribution in [2.75, 3.05) is 31.5 Å². The number of alkyl halides is 1. The van der Waals surface area contributed by atoms with E-state index in [9.17, 15) is 4.79 Å². The molecule has 0 saturated carbocycles. The van der Waals surface area contributed by atoms with E-state index in [1.807, 2.05) is 32.0 Å². The number of benzene rings is 1. The highest BCUT2D eigenvalue weighted by Crippen LogP contribution is 2.37. The summed E-state index contributed by atoms with van der Waals surface area (Å²) >= 11 is 6.01. The summed E-state index contributed by atoms with van der Waals surface area (Å²) in [5.74, 6) is 0.457. The Morgan fingerprint density at radius 1 is 1.17 bits per heavy atom. The maximum Gasteiger partial charge on any atom is 0.268 e. The molecule has 0 N–H and O–H groups in total. The van der Waals surface area contributed by atoms with E-state index < -0.39 is 5.38 Å². The fourth-order valence-corrected chi connectivity index (χ4v) is 2.31. The number of ether oxygens (including phenoxy) is 2. The normalized spacial score (nSPS) is 12.3. The summed E-state index contributed by atoms with van der Waals surface area (Å²) in [6, 6.07) is 5.70. The lowest BCUT2D eigenvalue weighted by atomic mass is 10.00. The molecule has 0 heterocycles. The molecule has 1 unspecified atom stereocenters. The molecule has 0 aromatic heterocycles. The van der Waals surface area contributed by atoms with Crippen molar-refractivity contribution in [1.82, 2.24) is 0 Å². The molecule has 1 rings (SSSR count). The highest BCUT2D eigenvalue weighted by Gasteiger charge is 2.27. The van der Waals surface area contributed by atoms with E-state index in [1.54, 1.807) is 6.92 Å². The molecule has 1 aromatic carbocycles. The molecule has 1 atom stereocenters. The van der Waals surface area contributed by atoms with E-state index in [-0.39, 0.29) is 11.8 Å². The molecule has 6 heteroatoms. The lowest BCUT2D eigenvalue weighted by Gasteiger charge is -2.28. The van der Waals surface area contributed by atoms with Crippen LogP contribution < -0.4 is 9.80 Å². The van der Waals surface area contributed by atoms with Crippen LogP contribution >= 0.6 is 11.6 Å². The van der Waals surface area contributed by atoms with E-state index in [0.717, 1.165) is 5.56 Å². The predicted molar refractivity (Wildman–Crippen MR) is 96.9 cm³/mol. The van der Waals surface area contributed by atoms with Gasteiger partial charge in [-0.25, -0.2) is 0 Å². The topological polar surface area (TPSA) is 48.0 Å². The smallest absolute Gasteiger partial charge is 0.268 e. The van der Waals surface area contributed by atoms with Crippen molar-refractivity contribution in [3.8, 4) is 5.75 Å². The van der Waals surface area contributed by atoms with Crippen molar-refractivity contribution in [1.29, 1.82) is 0 Å². The molecule has 136 valence electrons. The minimum Gasteiger partial charge on any atom is -0.489 e. The molecule has 0 aliphatic carbocycles. The molecule has 0 aliphatic heterocycles. The van der Waals surface area contributed by atoms with Gasteiger partial charge >= 0.3 is 0 Å². The van der Waals surface area contributed by atoms with Gasteiger partial charge in [0.25, 0.3) is 5.91 Å². The van der Waals surface area contributed by atoms with Gasteiger partial charge in [-0.2, -0.15) is 5.06 Å². The summed E-state index contributed by atoms with van der Waals surface area (Å²) in [4.78, 5) is 18.1. The van der Waals surface area contributed by atoms with Crippen molar-refractivity contribution in [2.45, 2.75) is 45.9 Å². The first-order valence-electron chi connectivity index (χ1n) is 8.38. The Morgan fingerprint density at radius 3 is 2.42 bits per heavy atom. The Kier molecular flexibility index (Phi) is 9.11. The number of anilines is 1. The monoisotopic (exact) mass is 357 g/mol. The first-order chi connectivity index (χ1) is 11.4. The number of amides is 1. The van der Waals surface area contributed by atoms with Gasteiger partial charge in [-0.1, -0.05) is 26.0 Å². The molecule has 1 amide bonds. The van der Waals surface area contributed by atoms with Crippen LogP contribution in [0.25, 0.3) is 0 Å². The average molecular weight is 358 g/mol. The third-order valence-electron chi connectivity index (χ3n) is 3.34. The van der Waals surface area contributed by atoms with Crippen LogP contribution in [0, 0.1) is 0 Å². The molecular weight excluding hydrogens is 330 g/mol. The fraction of sp³-hybridized carbons (Fsp3) is 0.611. The van der Waals surface area contributed by atoms with Gasteiger partial charge < -0.3 is 9.47 Å². The lowest BCUT2D eigenvalue weighted by molar-refractivity contribution is -0.125. The number of hydrogen-bond donors (Lipinski definition) is 0. The third-order valence-corrected chi connectivity index (χ3v) is 3.53. The van der Waals surface area contributed by atoms with Gasteiger partial charge in [0.05, 0.1) is 13.2 Å². The number of rotatable bonds is 10. The second kappa shape index (κ2) is 10.5. The standard InChI is InChI=1S/C18H28ClNO4/c1-6-22-11-12-23-16-10-8-9-15(13(3)4)17(16)20(24-7-2)18(21)14(5)19/h8-10,13-14H,6-7,11-12H2,1-5H3. The number of nitrogens with zero attached hydrogens (tertiary/aromatic N) is 1. The SMILES string of the molecule is CCOCCOc1cccc(C(C)C)c1N(OCC)C(=O)C(C)Cl. The molecule has 0 fully saturated rings. The van der Waals surface area contributed by atoms with E-state index in [4.69, 9.17) is 25.9 Å². The molecule has 0 spiro atoms. The molecule has 0 bridgehead atoms. The minimum atomic E-state index is -0.701. The van der Waals surface area contributed by atoms with Gasteiger partial charge in [-0.05, 0) is 38.3 Å². The summed E-state index contributed by atoms with van der Waals surface area (Å²) in [5.41, 5.74) is 1.58. The maximum absolute atomic E-state index is 12.5. The number of para-hydroxylation sites is 1. The Morgan fingerprint density at radius 2 is 1.88 bits per heavy atom. The number of carbonyl (C=O) groups excluding carboxylic acids is 1. The number of halogens is 1. The quantitative estimate of drug-likeness (QED) is 0.359. The van der Waals surface area contributed by atoms with E-state index in [2.05, 4.69) is 13.8 Å². The molecule has 0 saturated heterocycles. The van der Waals surface area contributed by atoms with Gasteiger partial charge in [0.2, 0.25) is 0 Å². The Balaban J connectivity index is 3.24. The predicted octanol–water partition coefficient (Wildman–Crippen LogP) is 4.14. The maximum atomic E-state index is 12.5. The van der Waals surface area contributed by atoms with Crippen LogP contribution in [-0.2, 0) is 14.4 Å². The van der Waals surface area contributed by atoms with Gasteiger partial charge in [-0.15, -0.1) is 11.6 Å². The second-order valence-corrected chi connectivity index (χ2v) is 6.22. The fourth-order valence-electron chi connectivity index (χ4n) is 2.22. The second-order valence-electron chi connectivity index (χ2n) is 5.56. The molecular formula is C18H28ClNO4. The number of carbonyl (C=O) groups is 1. The summed E-state index contributed by atoms with van der Waals surface area (Å²) in [7, 11) is 0. The average Bonchev–Trinajstić information content (AvgIpc) is 2.55. The van der Waals surface area contributed by atoms with Crippen molar-refractivity contribution >= 4 is 23.2 Å². The van der Waals surface area contributed by atoms with Crippen LogP contribution in [0.4, 0.5) is 5.69 Å². The summed E-state index contributed by atoms with van der Waals surface area (Å²) in [5, 5.41) is 0.566.